The van der Waals surface area contributed by atoms with Crippen LogP contribution in [0.25, 0.3) is 0 Å². The number of carbonyl (C=O) groups is 1. The quantitative estimate of drug-likeness (QED) is 0.707. The van der Waals surface area contributed by atoms with Gasteiger partial charge in [0.2, 0.25) is 0 Å². The van der Waals surface area contributed by atoms with Crippen LogP contribution in [-0.2, 0) is 11.3 Å². The lowest BCUT2D eigenvalue weighted by Gasteiger charge is -2.29. The van der Waals surface area contributed by atoms with Crippen molar-refractivity contribution in [1.29, 1.82) is 0 Å². The third-order valence-electron chi connectivity index (χ3n) is 5.78. The van der Waals surface area contributed by atoms with Crippen molar-refractivity contribution in [2.45, 2.75) is 58.8 Å². The molecule has 0 saturated carbocycles. The second kappa shape index (κ2) is 10.5. The molecule has 5 heteroatoms. The van der Waals surface area contributed by atoms with Gasteiger partial charge in [-0.1, -0.05) is 25.1 Å². The molecule has 0 bridgehead atoms. The van der Waals surface area contributed by atoms with Gasteiger partial charge < -0.3 is 19.7 Å². The van der Waals surface area contributed by atoms with E-state index in [-0.39, 0.29) is 5.91 Å². The number of benzene rings is 2. The second-order valence-electron chi connectivity index (χ2n) is 8.24. The van der Waals surface area contributed by atoms with Crippen LogP contribution in [0.5, 0.6) is 11.5 Å². The number of carbonyl (C=O) groups excluding carboxylic acids is 1. The van der Waals surface area contributed by atoms with Crippen LogP contribution in [0.4, 0.5) is 0 Å². The highest BCUT2D eigenvalue weighted by Gasteiger charge is 2.19. The maximum absolute atomic E-state index is 12.6. The number of aryl methyl sites for hydroxylation is 2. The number of ether oxygens (including phenoxy) is 2. The van der Waals surface area contributed by atoms with Crippen LogP contribution in [0.3, 0.4) is 0 Å². The van der Waals surface area contributed by atoms with Gasteiger partial charge in [0.15, 0.2) is 6.10 Å². The Hall–Kier alpha value is -2.53. The second-order valence-corrected chi connectivity index (χ2v) is 8.24. The van der Waals surface area contributed by atoms with Gasteiger partial charge in [-0.05, 0) is 81.1 Å². The Balaban J connectivity index is 1.48. The van der Waals surface area contributed by atoms with Crippen LogP contribution in [0.1, 0.15) is 42.9 Å². The average molecular weight is 411 g/mol. The minimum atomic E-state index is -0.501. The van der Waals surface area contributed by atoms with Crippen molar-refractivity contribution in [1.82, 2.24) is 10.2 Å². The topological polar surface area (TPSA) is 50.8 Å². The van der Waals surface area contributed by atoms with E-state index in [2.05, 4.69) is 24.2 Å². The van der Waals surface area contributed by atoms with E-state index in [0.717, 1.165) is 48.6 Å². The predicted octanol–water partition coefficient (Wildman–Crippen LogP) is 4.25. The SMILES string of the molecule is CC[C@H](Oc1ccc(C)c(C)c1)C(=O)NCc1ccc(OC2CCN(C)CC2)cc1. The van der Waals surface area contributed by atoms with Gasteiger partial charge in [0.1, 0.15) is 17.6 Å². The van der Waals surface area contributed by atoms with E-state index < -0.39 is 6.10 Å². The molecule has 2 aromatic rings. The van der Waals surface area contributed by atoms with Crippen molar-refractivity contribution in [3.8, 4) is 11.5 Å². The van der Waals surface area contributed by atoms with Gasteiger partial charge in [-0.3, -0.25) is 4.79 Å². The van der Waals surface area contributed by atoms with Crippen molar-refractivity contribution in [3.05, 3.63) is 59.2 Å². The number of piperidine rings is 1. The molecule has 162 valence electrons. The van der Waals surface area contributed by atoms with E-state index in [9.17, 15) is 4.79 Å². The summed E-state index contributed by atoms with van der Waals surface area (Å²) in [6, 6.07) is 13.9. The fraction of sp³-hybridized carbons (Fsp3) is 0.480. The highest BCUT2D eigenvalue weighted by atomic mass is 16.5. The maximum Gasteiger partial charge on any atom is 0.261 e. The Morgan fingerprint density at radius 3 is 2.37 bits per heavy atom. The lowest BCUT2D eigenvalue weighted by molar-refractivity contribution is -0.128. The first-order valence-electron chi connectivity index (χ1n) is 10.9. The monoisotopic (exact) mass is 410 g/mol. The Kier molecular flexibility index (Phi) is 7.75. The number of hydrogen-bond acceptors (Lipinski definition) is 4. The molecule has 0 unspecified atom stereocenters. The van der Waals surface area contributed by atoms with E-state index in [1.54, 1.807) is 0 Å². The Labute approximate surface area is 180 Å². The van der Waals surface area contributed by atoms with Crippen molar-refractivity contribution < 1.29 is 14.3 Å². The summed E-state index contributed by atoms with van der Waals surface area (Å²) in [6.07, 6.45) is 2.53. The van der Waals surface area contributed by atoms with Crippen molar-refractivity contribution in [2.75, 3.05) is 20.1 Å². The Morgan fingerprint density at radius 1 is 1.07 bits per heavy atom. The first-order chi connectivity index (χ1) is 14.4. The number of nitrogens with one attached hydrogen (secondary N) is 1. The number of nitrogens with zero attached hydrogens (tertiary/aromatic N) is 1. The molecule has 1 heterocycles. The zero-order valence-electron chi connectivity index (χ0n) is 18.6. The van der Waals surface area contributed by atoms with Crippen molar-refractivity contribution >= 4 is 5.91 Å². The molecule has 1 saturated heterocycles. The third kappa shape index (κ3) is 6.23. The third-order valence-corrected chi connectivity index (χ3v) is 5.78. The van der Waals surface area contributed by atoms with Gasteiger partial charge in [-0.2, -0.15) is 0 Å². The average Bonchev–Trinajstić information content (AvgIpc) is 2.75. The van der Waals surface area contributed by atoms with Crippen LogP contribution in [-0.4, -0.2) is 43.2 Å². The normalized spacial score (nSPS) is 16.1. The summed E-state index contributed by atoms with van der Waals surface area (Å²) in [4.78, 5) is 14.9. The standard InChI is InChI=1S/C25H34N2O3/c1-5-24(30-23-9-6-18(2)19(3)16-23)25(28)26-17-20-7-10-21(11-8-20)29-22-12-14-27(4)15-13-22/h6-11,16,22,24H,5,12-15,17H2,1-4H3,(H,26,28)/t24-/m0/s1. The van der Waals surface area contributed by atoms with Gasteiger partial charge in [-0.25, -0.2) is 0 Å². The molecule has 1 aliphatic rings. The van der Waals surface area contributed by atoms with E-state index in [1.807, 2.05) is 56.3 Å². The molecule has 1 atom stereocenters. The summed E-state index contributed by atoms with van der Waals surface area (Å²) >= 11 is 0. The molecule has 30 heavy (non-hydrogen) atoms. The summed E-state index contributed by atoms with van der Waals surface area (Å²) in [5, 5.41) is 2.99. The number of likely N-dealkylation sites (tertiary alicyclic amines) is 1. The Bertz CT molecular complexity index is 827. The molecule has 1 fully saturated rings. The minimum Gasteiger partial charge on any atom is -0.490 e. The largest absolute Gasteiger partial charge is 0.490 e. The van der Waals surface area contributed by atoms with E-state index in [0.29, 0.717) is 19.1 Å². The molecular weight excluding hydrogens is 376 g/mol. The smallest absolute Gasteiger partial charge is 0.261 e. The van der Waals surface area contributed by atoms with Crippen LogP contribution in [0.15, 0.2) is 42.5 Å². The van der Waals surface area contributed by atoms with Gasteiger partial charge in [0, 0.05) is 19.6 Å². The molecule has 1 amide bonds. The minimum absolute atomic E-state index is 0.0950. The molecule has 0 spiro atoms. The molecule has 1 N–H and O–H groups in total. The van der Waals surface area contributed by atoms with E-state index in [1.165, 1.54) is 5.56 Å². The zero-order chi connectivity index (χ0) is 21.5. The first-order valence-corrected chi connectivity index (χ1v) is 10.9. The fourth-order valence-electron chi connectivity index (χ4n) is 3.56. The van der Waals surface area contributed by atoms with Crippen LogP contribution < -0.4 is 14.8 Å². The zero-order valence-corrected chi connectivity index (χ0v) is 18.6. The predicted molar refractivity (Wildman–Crippen MR) is 120 cm³/mol. The number of hydrogen-bond donors (Lipinski definition) is 1. The van der Waals surface area contributed by atoms with Crippen LogP contribution in [0, 0.1) is 13.8 Å². The lowest BCUT2D eigenvalue weighted by Crippen LogP contribution is -2.37. The highest BCUT2D eigenvalue weighted by Crippen LogP contribution is 2.20. The number of amides is 1. The number of rotatable bonds is 8. The molecule has 0 radical (unpaired) electrons. The molecule has 0 aromatic heterocycles. The van der Waals surface area contributed by atoms with Gasteiger partial charge >= 0.3 is 0 Å². The molecule has 5 nitrogen and oxygen atoms in total. The van der Waals surface area contributed by atoms with Gasteiger partial charge in [0.05, 0.1) is 0 Å². The summed E-state index contributed by atoms with van der Waals surface area (Å²) in [5.41, 5.74) is 3.41. The summed E-state index contributed by atoms with van der Waals surface area (Å²) in [5.74, 6) is 1.53. The lowest BCUT2D eigenvalue weighted by atomic mass is 10.1. The maximum atomic E-state index is 12.6. The summed E-state index contributed by atoms with van der Waals surface area (Å²) < 4.78 is 12.0. The molecule has 2 aromatic carbocycles. The van der Waals surface area contributed by atoms with E-state index in [4.69, 9.17) is 9.47 Å². The molecule has 3 rings (SSSR count). The van der Waals surface area contributed by atoms with Gasteiger partial charge in [0.25, 0.3) is 5.91 Å². The van der Waals surface area contributed by atoms with Crippen molar-refractivity contribution in [2.24, 2.45) is 0 Å². The van der Waals surface area contributed by atoms with Crippen LogP contribution >= 0.6 is 0 Å². The molecule has 1 aliphatic heterocycles. The van der Waals surface area contributed by atoms with Gasteiger partial charge in [-0.15, -0.1) is 0 Å². The highest BCUT2D eigenvalue weighted by molar-refractivity contribution is 5.81. The summed E-state index contributed by atoms with van der Waals surface area (Å²) in [7, 11) is 2.15. The Morgan fingerprint density at radius 2 is 1.73 bits per heavy atom. The van der Waals surface area contributed by atoms with E-state index >= 15 is 0 Å². The molecular formula is C25H34N2O3. The van der Waals surface area contributed by atoms with Crippen LogP contribution in [0.2, 0.25) is 0 Å². The molecule has 0 aliphatic carbocycles. The van der Waals surface area contributed by atoms with Crippen molar-refractivity contribution in [3.63, 3.8) is 0 Å². The summed E-state index contributed by atoms with van der Waals surface area (Å²) in [6.45, 7) is 8.70. The first kappa shape index (κ1) is 22.2. The fourth-order valence-corrected chi connectivity index (χ4v) is 3.56.